The molecule has 0 bridgehead atoms. The van der Waals surface area contributed by atoms with Gasteiger partial charge in [-0.25, -0.2) is 4.39 Å². The number of para-hydroxylation sites is 1. The first-order valence-corrected chi connectivity index (χ1v) is 8.33. The maximum absolute atomic E-state index is 14.0. The van der Waals surface area contributed by atoms with E-state index >= 15 is 0 Å². The molecule has 2 rings (SSSR count). The Morgan fingerprint density at radius 1 is 1.04 bits per heavy atom. The van der Waals surface area contributed by atoms with Crippen molar-refractivity contribution in [1.82, 2.24) is 4.90 Å². The van der Waals surface area contributed by atoms with Crippen LogP contribution in [0.3, 0.4) is 0 Å². The number of aliphatic hydroxyl groups excluding tert-OH is 1. The summed E-state index contributed by atoms with van der Waals surface area (Å²) in [5.41, 5.74) is 2.90. The van der Waals surface area contributed by atoms with Gasteiger partial charge < -0.3 is 10.0 Å². The van der Waals surface area contributed by atoms with Crippen LogP contribution in [0.2, 0.25) is 0 Å². The second-order valence-electron chi connectivity index (χ2n) is 5.69. The third-order valence-corrected chi connectivity index (χ3v) is 4.18. The molecule has 0 aliphatic heterocycles. The highest BCUT2D eigenvalue weighted by atomic mass is 79.9. The number of aliphatic hydroxyl groups is 1. The molecule has 0 unspecified atom stereocenters. The molecule has 0 saturated heterocycles. The quantitative estimate of drug-likeness (QED) is 0.793. The maximum Gasteiger partial charge on any atom is 0.127 e. The molecule has 5 heteroatoms. The van der Waals surface area contributed by atoms with Crippen LogP contribution in [-0.2, 0) is 13.1 Å². The molecular formula is C18H22BrFN2O. The van der Waals surface area contributed by atoms with Crippen molar-refractivity contribution in [2.24, 2.45) is 0 Å². The van der Waals surface area contributed by atoms with Gasteiger partial charge in [-0.05, 0) is 29.8 Å². The summed E-state index contributed by atoms with van der Waals surface area (Å²) in [6.07, 6.45) is 0. The second-order valence-corrected chi connectivity index (χ2v) is 6.61. The summed E-state index contributed by atoms with van der Waals surface area (Å²) >= 11 is 3.38. The van der Waals surface area contributed by atoms with Crippen LogP contribution >= 0.6 is 15.9 Å². The molecule has 0 fully saturated rings. The highest BCUT2D eigenvalue weighted by Gasteiger charge is 2.13. The van der Waals surface area contributed by atoms with E-state index in [4.69, 9.17) is 0 Å². The van der Waals surface area contributed by atoms with Gasteiger partial charge in [0.05, 0.1) is 6.61 Å². The molecule has 0 spiro atoms. The minimum absolute atomic E-state index is 0.0414. The number of anilines is 1. The molecule has 0 amide bonds. The summed E-state index contributed by atoms with van der Waals surface area (Å²) in [4.78, 5) is 4.11. The second kappa shape index (κ2) is 8.43. The number of hydrogen-bond acceptors (Lipinski definition) is 3. The van der Waals surface area contributed by atoms with E-state index in [0.29, 0.717) is 25.2 Å². The topological polar surface area (TPSA) is 26.7 Å². The predicted octanol–water partition coefficient (Wildman–Crippen LogP) is 3.65. The van der Waals surface area contributed by atoms with Gasteiger partial charge in [0.2, 0.25) is 0 Å². The van der Waals surface area contributed by atoms with Gasteiger partial charge in [0, 0.05) is 49.5 Å². The van der Waals surface area contributed by atoms with Crippen molar-refractivity contribution in [2.75, 3.05) is 32.1 Å². The third kappa shape index (κ3) is 5.03. The van der Waals surface area contributed by atoms with Gasteiger partial charge in [0.25, 0.3) is 0 Å². The lowest BCUT2D eigenvalue weighted by Gasteiger charge is -2.25. The SMILES string of the molecule is CN(C)c1ccccc1CN(CCO)Cc1cc(Br)ccc1F. The molecule has 1 N–H and O–H groups in total. The van der Waals surface area contributed by atoms with Crippen molar-refractivity contribution in [3.63, 3.8) is 0 Å². The Bertz CT molecular complexity index is 649. The highest BCUT2D eigenvalue weighted by Crippen LogP contribution is 2.22. The molecule has 2 aromatic carbocycles. The van der Waals surface area contributed by atoms with Crippen molar-refractivity contribution < 1.29 is 9.50 Å². The molecule has 0 aliphatic carbocycles. The summed E-state index contributed by atoms with van der Waals surface area (Å²) in [5.74, 6) is -0.225. The summed E-state index contributed by atoms with van der Waals surface area (Å²) in [7, 11) is 4.01. The van der Waals surface area contributed by atoms with Crippen molar-refractivity contribution in [3.05, 3.63) is 63.9 Å². The van der Waals surface area contributed by atoms with Crippen LogP contribution < -0.4 is 4.90 Å². The first-order valence-electron chi connectivity index (χ1n) is 7.53. The summed E-state index contributed by atoms with van der Waals surface area (Å²) in [6.45, 7) is 1.64. The number of rotatable bonds is 7. The fraction of sp³-hybridized carbons (Fsp3) is 0.333. The summed E-state index contributed by atoms with van der Waals surface area (Å²) < 4.78 is 14.9. The molecule has 0 saturated carbocycles. The molecule has 0 aliphatic rings. The van der Waals surface area contributed by atoms with E-state index in [1.54, 1.807) is 12.1 Å². The minimum Gasteiger partial charge on any atom is -0.395 e. The summed E-state index contributed by atoms with van der Waals surface area (Å²) in [5, 5.41) is 9.34. The Kier molecular flexibility index (Phi) is 6.57. The van der Waals surface area contributed by atoms with E-state index in [1.807, 2.05) is 31.1 Å². The highest BCUT2D eigenvalue weighted by molar-refractivity contribution is 9.10. The number of nitrogens with zero attached hydrogens (tertiary/aromatic N) is 2. The van der Waals surface area contributed by atoms with E-state index in [0.717, 1.165) is 15.7 Å². The van der Waals surface area contributed by atoms with Crippen LogP contribution in [0.15, 0.2) is 46.9 Å². The van der Waals surface area contributed by atoms with E-state index < -0.39 is 0 Å². The van der Waals surface area contributed by atoms with Crippen LogP contribution in [0.5, 0.6) is 0 Å². The molecular weight excluding hydrogens is 359 g/mol. The van der Waals surface area contributed by atoms with Crippen LogP contribution in [0, 0.1) is 5.82 Å². The fourth-order valence-electron chi connectivity index (χ4n) is 2.58. The lowest BCUT2D eigenvalue weighted by atomic mass is 10.1. The molecule has 124 valence electrons. The van der Waals surface area contributed by atoms with E-state index in [9.17, 15) is 9.50 Å². The number of halogens is 2. The van der Waals surface area contributed by atoms with Crippen molar-refractivity contribution in [2.45, 2.75) is 13.1 Å². The zero-order valence-electron chi connectivity index (χ0n) is 13.5. The largest absolute Gasteiger partial charge is 0.395 e. The normalized spacial score (nSPS) is 11.0. The first-order chi connectivity index (χ1) is 11.0. The smallest absolute Gasteiger partial charge is 0.127 e. The average molecular weight is 381 g/mol. The maximum atomic E-state index is 14.0. The van der Waals surface area contributed by atoms with Gasteiger partial charge in [0.1, 0.15) is 5.82 Å². The van der Waals surface area contributed by atoms with Crippen LogP contribution in [-0.4, -0.2) is 37.3 Å². The fourth-order valence-corrected chi connectivity index (χ4v) is 2.99. The van der Waals surface area contributed by atoms with Crippen molar-refractivity contribution in [1.29, 1.82) is 0 Å². The lowest BCUT2D eigenvalue weighted by Crippen LogP contribution is -2.27. The van der Waals surface area contributed by atoms with Crippen molar-refractivity contribution in [3.8, 4) is 0 Å². The Hall–Kier alpha value is -1.43. The lowest BCUT2D eigenvalue weighted by molar-refractivity contribution is 0.183. The molecule has 2 aromatic rings. The standard InChI is InChI=1S/C18H22BrFN2O/c1-21(2)18-6-4-3-5-14(18)12-22(9-10-23)13-15-11-16(19)7-8-17(15)20/h3-8,11,23H,9-10,12-13H2,1-2H3. The molecule has 0 heterocycles. The van der Waals surface area contributed by atoms with Gasteiger partial charge in [-0.1, -0.05) is 34.1 Å². The number of hydrogen-bond donors (Lipinski definition) is 1. The Morgan fingerprint density at radius 2 is 1.74 bits per heavy atom. The molecule has 0 radical (unpaired) electrons. The first kappa shape index (κ1) is 17.9. The van der Waals surface area contributed by atoms with Gasteiger partial charge >= 0.3 is 0 Å². The van der Waals surface area contributed by atoms with Gasteiger partial charge in [-0.2, -0.15) is 0 Å². The Balaban J connectivity index is 2.21. The van der Waals surface area contributed by atoms with Gasteiger partial charge in [-0.3, -0.25) is 4.90 Å². The monoisotopic (exact) mass is 380 g/mol. The zero-order valence-corrected chi connectivity index (χ0v) is 15.1. The van der Waals surface area contributed by atoms with E-state index in [-0.39, 0.29) is 12.4 Å². The molecule has 3 nitrogen and oxygen atoms in total. The van der Waals surface area contributed by atoms with Crippen LogP contribution in [0.25, 0.3) is 0 Å². The van der Waals surface area contributed by atoms with E-state index in [1.165, 1.54) is 6.07 Å². The molecule has 0 atom stereocenters. The molecule has 0 aromatic heterocycles. The third-order valence-electron chi connectivity index (χ3n) is 3.69. The average Bonchev–Trinajstić information content (AvgIpc) is 2.51. The van der Waals surface area contributed by atoms with Crippen LogP contribution in [0.4, 0.5) is 10.1 Å². The van der Waals surface area contributed by atoms with Gasteiger partial charge in [-0.15, -0.1) is 0 Å². The Morgan fingerprint density at radius 3 is 2.43 bits per heavy atom. The van der Waals surface area contributed by atoms with Crippen molar-refractivity contribution >= 4 is 21.6 Å². The molecule has 23 heavy (non-hydrogen) atoms. The van der Waals surface area contributed by atoms with E-state index in [2.05, 4.69) is 33.0 Å². The minimum atomic E-state index is -0.225. The zero-order chi connectivity index (χ0) is 16.8. The number of benzene rings is 2. The predicted molar refractivity (Wildman–Crippen MR) is 96.1 cm³/mol. The van der Waals surface area contributed by atoms with Crippen LogP contribution in [0.1, 0.15) is 11.1 Å². The Labute approximate surface area is 145 Å². The summed E-state index contributed by atoms with van der Waals surface area (Å²) in [6, 6.07) is 13.1. The van der Waals surface area contributed by atoms with Gasteiger partial charge in [0.15, 0.2) is 0 Å².